The first kappa shape index (κ1) is 27.1. The molecule has 36 heavy (non-hydrogen) atoms. The summed E-state index contributed by atoms with van der Waals surface area (Å²) in [5.41, 5.74) is 1.22. The highest BCUT2D eigenvalue weighted by atomic mass is 35.5. The van der Waals surface area contributed by atoms with Crippen LogP contribution in [0.15, 0.2) is 45.8 Å². The van der Waals surface area contributed by atoms with Crippen LogP contribution in [0.25, 0.3) is 10.8 Å². The Kier molecular flexibility index (Phi) is 8.46. The molecule has 1 aromatic heterocycles. The average molecular weight is 570 g/mol. The summed E-state index contributed by atoms with van der Waals surface area (Å²) in [6, 6.07) is 10.3. The molecule has 0 saturated carbocycles. The van der Waals surface area contributed by atoms with Crippen LogP contribution in [-0.4, -0.2) is 61.6 Å². The Morgan fingerprint density at radius 1 is 1.14 bits per heavy atom. The molecule has 0 aliphatic carbocycles. The lowest BCUT2D eigenvalue weighted by atomic mass is 9.92. The summed E-state index contributed by atoms with van der Waals surface area (Å²) < 4.78 is 31.8. The van der Waals surface area contributed by atoms with E-state index in [9.17, 15) is 13.2 Å². The zero-order chi connectivity index (χ0) is 26.0. The molecule has 3 aromatic rings. The minimum atomic E-state index is -3.58. The third kappa shape index (κ3) is 5.97. The minimum absolute atomic E-state index is 0.0287. The van der Waals surface area contributed by atoms with Gasteiger partial charge in [-0.15, -0.1) is 4.51 Å². The summed E-state index contributed by atoms with van der Waals surface area (Å²) >= 11 is 13.4. The molecule has 194 valence electrons. The minimum Gasteiger partial charge on any atom is -0.343 e. The van der Waals surface area contributed by atoms with Gasteiger partial charge in [-0.25, -0.2) is 8.42 Å². The molecule has 0 spiro atoms. The van der Waals surface area contributed by atoms with E-state index in [2.05, 4.69) is 14.0 Å². The van der Waals surface area contributed by atoms with E-state index < -0.39 is 9.84 Å². The first-order valence-electron chi connectivity index (χ1n) is 11.8. The molecule has 1 saturated heterocycles. The lowest BCUT2D eigenvalue weighted by Crippen LogP contribution is -2.39. The van der Waals surface area contributed by atoms with Gasteiger partial charge >= 0.3 is 0 Å². The van der Waals surface area contributed by atoms with E-state index in [0.717, 1.165) is 35.0 Å². The number of nitrogens with zero attached hydrogens (tertiary/aromatic N) is 4. The van der Waals surface area contributed by atoms with Crippen LogP contribution in [0.5, 0.6) is 0 Å². The third-order valence-electron chi connectivity index (χ3n) is 6.63. The van der Waals surface area contributed by atoms with Crippen molar-refractivity contribution in [3.63, 3.8) is 0 Å². The van der Waals surface area contributed by atoms with E-state index in [1.54, 1.807) is 52.6 Å². The number of amides is 1. The Hall–Kier alpha value is -1.91. The van der Waals surface area contributed by atoms with Gasteiger partial charge in [-0.3, -0.25) is 4.79 Å². The van der Waals surface area contributed by atoms with E-state index >= 15 is 0 Å². The van der Waals surface area contributed by atoms with Crippen LogP contribution in [0, 0.1) is 0 Å². The fourth-order valence-corrected chi connectivity index (χ4v) is 7.66. The molecule has 7 nitrogen and oxygen atoms in total. The number of fused-ring (bicyclic) bond motifs is 1. The van der Waals surface area contributed by atoms with E-state index in [4.69, 9.17) is 23.4 Å². The van der Waals surface area contributed by atoms with Crippen molar-refractivity contribution in [1.82, 2.24) is 14.4 Å². The van der Waals surface area contributed by atoms with Gasteiger partial charge in [-0.2, -0.15) is 0 Å². The molecule has 1 amide bonds. The number of halogens is 2. The summed E-state index contributed by atoms with van der Waals surface area (Å²) in [5.74, 6) is -0.0331. The van der Waals surface area contributed by atoms with E-state index in [0.29, 0.717) is 24.0 Å². The summed E-state index contributed by atoms with van der Waals surface area (Å²) in [7, 11) is 2.46. The number of aromatic nitrogens is 1. The molecule has 1 aliphatic rings. The predicted octanol–water partition coefficient (Wildman–Crippen LogP) is 4.58. The smallest absolute Gasteiger partial charge is 0.223 e. The normalized spacial score (nSPS) is 15.8. The number of carbonyl (C=O) groups is 1. The second-order valence-electron chi connectivity index (χ2n) is 9.45. The van der Waals surface area contributed by atoms with Crippen molar-refractivity contribution in [3.05, 3.63) is 56.8 Å². The highest BCUT2D eigenvalue weighted by Gasteiger charge is 2.29. The largest absolute Gasteiger partial charge is 0.343 e. The molecular weight excluding hydrogens is 539 g/mol. The molecule has 0 N–H and O–H groups in total. The van der Waals surface area contributed by atoms with Crippen molar-refractivity contribution >= 4 is 61.2 Å². The molecule has 0 radical (unpaired) electrons. The zero-order valence-electron chi connectivity index (χ0n) is 20.6. The summed E-state index contributed by atoms with van der Waals surface area (Å²) in [4.78, 5) is 19.0. The maximum absolute atomic E-state index is 12.9. The van der Waals surface area contributed by atoms with Gasteiger partial charge in [-0.1, -0.05) is 35.1 Å². The number of rotatable bonds is 7. The van der Waals surface area contributed by atoms with Gasteiger partial charge in [0.2, 0.25) is 10.7 Å². The number of carbonyl (C=O) groups excluding carboxylic acids is 1. The molecule has 2 heterocycles. The number of hydrogen-bond donors (Lipinski definition) is 0. The van der Waals surface area contributed by atoms with Crippen molar-refractivity contribution in [2.75, 3.05) is 32.9 Å². The van der Waals surface area contributed by atoms with Crippen molar-refractivity contribution in [2.45, 2.75) is 36.6 Å². The maximum Gasteiger partial charge on any atom is 0.223 e. The Morgan fingerprint density at radius 2 is 1.81 bits per heavy atom. The van der Waals surface area contributed by atoms with Crippen LogP contribution in [-0.2, 0) is 28.2 Å². The van der Waals surface area contributed by atoms with Crippen molar-refractivity contribution in [3.8, 4) is 0 Å². The van der Waals surface area contributed by atoms with Crippen LogP contribution in [0.4, 0.5) is 0 Å². The number of sulfone groups is 1. The van der Waals surface area contributed by atoms with Gasteiger partial charge in [0, 0.05) is 66.4 Å². The average Bonchev–Trinajstić information content (AvgIpc) is 3.16. The highest BCUT2D eigenvalue weighted by molar-refractivity contribution is 7.91. The van der Waals surface area contributed by atoms with Crippen LogP contribution in [0.3, 0.4) is 0 Å². The number of benzene rings is 2. The summed E-state index contributed by atoms with van der Waals surface area (Å²) in [6.07, 6.45) is 1.61. The standard InChI is InChI=1S/C25H30Cl2N4O3S2/c1-29(2)16-22-24(30(3)25(28-27)35-22)17-8-11-31(12-9-17)23(32)10-13-36(33,34)21-7-5-18-14-20(26)6-4-19(18)15-21/h4-7,14-15,17H,8-13,16H2,1-3H3/b28-25-. The monoisotopic (exact) mass is 568 g/mol. The Labute approximate surface area is 226 Å². The van der Waals surface area contributed by atoms with Gasteiger partial charge in [0.15, 0.2) is 9.84 Å². The zero-order valence-corrected chi connectivity index (χ0v) is 23.7. The number of hydrogen-bond acceptors (Lipinski definition) is 6. The van der Waals surface area contributed by atoms with E-state index in [-0.39, 0.29) is 23.0 Å². The quantitative estimate of drug-likeness (QED) is 0.418. The number of thiazole rings is 1. The van der Waals surface area contributed by atoms with Gasteiger partial charge in [0.25, 0.3) is 0 Å². The van der Waals surface area contributed by atoms with E-state index in [1.807, 2.05) is 21.1 Å². The topological polar surface area (TPSA) is 75.0 Å². The van der Waals surface area contributed by atoms with Crippen molar-refractivity contribution < 1.29 is 13.2 Å². The molecule has 0 unspecified atom stereocenters. The number of likely N-dealkylation sites (tertiary alicyclic amines) is 1. The Morgan fingerprint density at radius 3 is 2.47 bits per heavy atom. The van der Waals surface area contributed by atoms with Gasteiger partial charge < -0.3 is 14.4 Å². The Balaban J connectivity index is 1.39. The van der Waals surface area contributed by atoms with Crippen molar-refractivity contribution in [1.29, 1.82) is 0 Å². The highest BCUT2D eigenvalue weighted by Crippen LogP contribution is 2.32. The summed E-state index contributed by atoms with van der Waals surface area (Å²) in [6.45, 7) is 2.01. The van der Waals surface area contributed by atoms with Gasteiger partial charge in [-0.05, 0) is 62.0 Å². The van der Waals surface area contributed by atoms with Gasteiger partial charge in [0.05, 0.1) is 10.6 Å². The molecule has 2 aromatic carbocycles. The second-order valence-corrected chi connectivity index (χ2v) is 13.2. The molecule has 1 aliphatic heterocycles. The fraction of sp³-hybridized carbons (Fsp3) is 0.440. The molecular formula is C25H30Cl2N4O3S2. The number of piperidine rings is 1. The first-order valence-corrected chi connectivity index (χ1v) is 15.0. The molecule has 1 fully saturated rings. The molecule has 0 atom stereocenters. The lowest BCUT2D eigenvalue weighted by molar-refractivity contribution is -0.131. The molecule has 4 rings (SSSR count). The second kappa shape index (κ2) is 11.2. The Bertz CT molecular complexity index is 1440. The maximum atomic E-state index is 12.9. The SMILES string of the molecule is CN(C)Cc1s/c(=N\Cl)n(C)c1C1CCN(C(=O)CCS(=O)(=O)c2ccc3cc(Cl)ccc3c2)CC1. The predicted molar refractivity (Wildman–Crippen MR) is 146 cm³/mol. The van der Waals surface area contributed by atoms with Gasteiger partial charge in [0.1, 0.15) is 0 Å². The molecule has 11 heteroatoms. The summed E-state index contributed by atoms with van der Waals surface area (Å²) in [5, 5.41) is 2.28. The first-order chi connectivity index (χ1) is 17.1. The molecule has 0 bridgehead atoms. The fourth-order valence-electron chi connectivity index (χ4n) is 4.79. The van der Waals surface area contributed by atoms with Crippen LogP contribution < -0.4 is 4.80 Å². The van der Waals surface area contributed by atoms with Crippen molar-refractivity contribution in [2.24, 2.45) is 11.6 Å². The van der Waals surface area contributed by atoms with Crippen LogP contribution in [0.1, 0.15) is 35.8 Å². The van der Waals surface area contributed by atoms with Crippen LogP contribution in [0.2, 0.25) is 5.02 Å². The van der Waals surface area contributed by atoms with Crippen LogP contribution >= 0.6 is 34.7 Å². The lowest BCUT2D eigenvalue weighted by Gasteiger charge is -2.33. The van der Waals surface area contributed by atoms with E-state index in [1.165, 1.54) is 10.6 Å². The third-order valence-corrected chi connectivity index (χ3v) is 9.97.